The third-order valence-electron chi connectivity index (χ3n) is 2.85. The molecule has 1 saturated heterocycles. The molecule has 2 atom stereocenters. The SMILES string of the molecule is O=C(O)[C@H]1NCCC1c1ccc(F)cc1F. The quantitative estimate of drug-likeness (QED) is 0.804. The Labute approximate surface area is 91.1 Å². The maximum absolute atomic E-state index is 13.5. The van der Waals surface area contributed by atoms with E-state index in [4.69, 9.17) is 5.11 Å². The summed E-state index contributed by atoms with van der Waals surface area (Å²) in [6, 6.07) is 2.46. The number of aliphatic carboxylic acids is 1. The Morgan fingerprint density at radius 3 is 2.81 bits per heavy atom. The summed E-state index contributed by atoms with van der Waals surface area (Å²) in [6.07, 6.45) is 0.541. The van der Waals surface area contributed by atoms with Crippen molar-refractivity contribution >= 4 is 5.97 Å². The van der Waals surface area contributed by atoms with E-state index in [0.29, 0.717) is 13.0 Å². The Morgan fingerprint density at radius 1 is 1.44 bits per heavy atom. The fourth-order valence-corrected chi connectivity index (χ4v) is 2.10. The molecule has 1 aliphatic heterocycles. The van der Waals surface area contributed by atoms with Crippen LogP contribution in [0, 0.1) is 11.6 Å². The molecule has 0 spiro atoms. The molecule has 0 bridgehead atoms. The monoisotopic (exact) mass is 227 g/mol. The highest BCUT2D eigenvalue weighted by Gasteiger charge is 2.35. The lowest BCUT2D eigenvalue weighted by atomic mass is 9.91. The first-order chi connectivity index (χ1) is 7.59. The van der Waals surface area contributed by atoms with Gasteiger partial charge in [-0.3, -0.25) is 4.79 Å². The molecule has 1 unspecified atom stereocenters. The Morgan fingerprint density at radius 2 is 2.19 bits per heavy atom. The number of hydrogen-bond acceptors (Lipinski definition) is 2. The minimum absolute atomic E-state index is 0.263. The predicted molar refractivity (Wildman–Crippen MR) is 53.1 cm³/mol. The van der Waals surface area contributed by atoms with Crippen molar-refractivity contribution in [1.29, 1.82) is 0 Å². The topological polar surface area (TPSA) is 49.3 Å². The summed E-state index contributed by atoms with van der Waals surface area (Å²) < 4.78 is 26.2. The molecule has 1 heterocycles. The molecule has 1 aromatic rings. The second-order valence-corrected chi connectivity index (χ2v) is 3.83. The average Bonchev–Trinajstić information content (AvgIpc) is 2.66. The van der Waals surface area contributed by atoms with Crippen LogP contribution in [-0.4, -0.2) is 23.7 Å². The lowest BCUT2D eigenvalue weighted by Gasteiger charge is -2.16. The van der Waals surface area contributed by atoms with Crippen molar-refractivity contribution in [2.75, 3.05) is 6.54 Å². The second-order valence-electron chi connectivity index (χ2n) is 3.83. The van der Waals surface area contributed by atoms with Crippen LogP contribution in [0.3, 0.4) is 0 Å². The zero-order valence-electron chi connectivity index (χ0n) is 8.41. The third kappa shape index (κ3) is 1.90. The van der Waals surface area contributed by atoms with Gasteiger partial charge in [0.05, 0.1) is 0 Å². The van der Waals surface area contributed by atoms with Crippen molar-refractivity contribution in [3.05, 3.63) is 35.4 Å². The van der Waals surface area contributed by atoms with Crippen LogP contribution in [0.4, 0.5) is 8.78 Å². The van der Waals surface area contributed by atoms with E-state index < -0.39 is 29.6 Å². The summed E-state index contributed by atoms with van der Waals surface area (Å²) in [5.74, 6) is -2.77. The van der Waals surface area contributed by atoms with E-state index in [9.17, 15) is 13.6 Å². The maximum Gasteiger partial charge on any atom is 0.321 e. The van der Waals surface area contributed by atoms with Crippen molar-refractivity contribution in [2.45, 2.75) is 18.4 Å². The summed E-state index contributed by atoms with van der Waals surface area (Å²) in [5, 5.41) is 11.7. The molecule has 1 aliphatic rings. The van der Waals surface area contributed by atoms with E-state index in [2.05, 4.69) is 5.32 Å². The summed E-state index contributed by atoms with van der Waals surface area (Å²) in [5.41, 5.74) is 0.263. The minimum atomic E-state index is -1.01. The van der Waals surface area contributed by atoms with Crippen LogP contribution in [0.25, 0.3) is 0 Å². The largest absolute Gasteiger partial charge is 0.480 e. The van der Waals surface area contributed by atoms with Gasteiger partial charge in [0.25, 0.3) is 0 Å². The Balaban J connectivity index is 2.32. The minimum Gasteiger partial charge on any atom is -0.480 e. The normalized spacial score (nSPS) is 24.6. The van der Waals surface area contributed by atoms with Gasteiger partial charge in [0.2, 0.25) is 0 Å². The van der Waals surface area contributed by atoms with Gasteiger partial charge in [0, 0.05) is 12.0 Å². The van der Waals surface area contributed by atoms with Crippen LogP contribution in [0.2, 0.25) is 0 Å². The van der Waals surface area contributed by atoms with Crippen molar-refractivity contribution in [3.63, 3.8) is 0 Å². The van der Waals surface area contributed by atoms with Gasteiger partial charge in [0.1, 0.15) is 17.7 Å². The molecule has 2 N–H and O–H groups in total. The molecule has 2 rings (SSSR count). The summed E-state index contributed by atoms with van der Waals surface area (Å²) >= 11 is 0. The van der Waals surface area contributed by atoms with Crippen LogP contribution in [-0.2, 0) is 4.79 Å². The van der Waals surface area contributed by atoms with E-state index in [1.807, 2.05) is 0 Å². The predicted octanol–water partition coefficient (Wildman–Crippen LogP) is 1.49. The van der Waals surface area contributed by atoms with E-state index in [-0.39, 0.29) is 5.56 Å². The van der Waals surface area contributed by atoms with Crippen LogP contribution in [0.5, 0.6) is 0 Å². The number of carboxylic acid groups (broad SMARTS) is 1. The maximum atomic E-state index is 13.5. The van der Waals surface area contributed by atoms with Gasteiger partial charge in [0.15, 0.2) is 0 Å². The molecule has 0 amide bonds. The zero-order valence-corrected chi connectivity index (χ0v) is 8.41. The lowest BCUT2D eigenvalue weighted by Crippen LogP contribution is -2.34. The first-order valence-corrected chi connectivity index (χ1v) is 5.00. The van der Waals surface area contributed by atoms with Gasteiger partial charge in [-0.05, 0) is 24.6 Å². The number of halogens is 2. The molecule has 3 nitrogen and oxygen atoms in total. The Kier molecular flexibility index (Phi) is 2.87. The van der Waals surface area contributed by atoms with Crippen molar-refractivity contribution in [1.82, 2.24) is 5.32 Å². The number of carbonyl (C=O) groups is 1. The fourth-order valence-electron chi connectivity index (χ4n) is 2.10. The molecule has 0 radical (unpaired) electrons. The number of benzene rings is 1. The van der Waals surface area contributed by atoms with Gasteiger partial charge in [-0.1, -0.05) is 6.07 Å². The Hall–Kier alpha value is -1.49. The molecule has 0 aromatic heterocycles. The third-order valence-corrected chi connectivity index (χ3v) is 2.85. The van der Waals surface area contributed by atoms with Crippen molar-refractivity contribution in [3.8, 4) is 0 Å². The molecule has 0 aliphatic carbocycles. The first-order valence-electron chi connectivity index (χ1n) is 5.00. The van der Waals surface area contributed by atoms with Gasteiger partial charge < -0.3 is 10.4 Å². The highest BCUT2D eigenvalue weighted by molar-refractivity contribution is 5.75. The van der Waals surface area contributed by atoms with Crippen LogP contribution < -0.4 is 5.32 Å². The van der Waals surface area contributed by atoms with Gasteiger partial charge in [-0.15, -0.1) is 0 Å². The standard InChI is InChI=1S/C11H11F2NO2/c12-6-1-2-7(9(13)5-6)8-3-4-14-10(8)11(15)16/h1-2,5,8,10,14H,3-4H2,(H,15,16)/t8?,10-/m0/s1. The molecule has 1 aromatic carbocycles. The molecular weight excluding hydrogens is 216 g/mol. The number of carboxylic acids is 1. The number of nitrogens with one attached hydrogen (secondary N) is 1. The van der Waals surface area contributed by atoms with Crippen molar-refractivity contribution in [2.24, 2.45) is 0 Å². The van der Waals surface area contributed by atoms with Crippen molar-refractivity contribution < 1.29 is 18.7 Å². The highest BCUT2D eigenvalue weighted by Crippen LogP contribution is 2.30. The molecular formula is C11H11F2NO2. The Bertz CT molecular complexity index is 422. The lowest BCUT2D eigenvalue weighted by molar-refractivity contribution is -0.139. The van der Waals surface area contributed by atoms with E-state index in [1.54, 1.807) is 0 Å². The highest BCUT2D eigenvalue weighted by atomic mass is 19.1. The number of hydrogen-bond donors (Lipinski definition) is 2. The summed E-state index contributed by atoms with van der Waals surface area (Å²) in [6.45, 7) is 0.526. The molecule has 86 valence electrons. The van der Waals surface area contributed by atoms with E-state index in [1.165, 1.54) is 6.07 Å². The average molecular weight is 227 g/mol. The molecule has 1 fully saturated rings. The molecule has 0 saturated carbocycles. The van der Waals surface area contributed by atoms with Gasteiger partial charge in [-0.2, -0.15) is 0 Å². The fraction of sp³-hybridized carbons (Fsp3) is 0.364. The van der Waals surface area contributed by atoms with Crippen LogP contribution >= 0.6 is 0 Å². The van der Waals surface area contributed by atoms with Gasteiger partial charge in [-0.25, -0.2) is 8.78 Å². The second kappa shape index (κ2) is 4.17. The van der Waals surface area contributed by atoms with E-state index >= 15 is 0 Å². The van der Waals surface area contributed by atoms with Gasteiger partial charge >= 0.3 is 5.97 Å². The first kappa shape index (κ1) is 11.0. The molecule has 5 heteroatoms. The van der Waals surface area contributed by atoms with Crippen LogP contribution in [0.15, 0.2) is 18.2 Å². The van der Waals surface area contributed by atoms with Crippen LogP contribution in [0.1, 0.15) is 17.9 Å². The number of rotatable bonds is 2. The summed E-state index contributed by atoms with van der Waals surface area (Å²) in [4.78, 5) is 10.9. The van der Waals surface area contributed by atoms with E-state index in [0.717, 1.165) is 12.1 Å². The smallest absolute Gasteiger partial charge is 0.321 e. The molecule has 16 heavy (non-hydrogen) atoms. The summed E-state index contributed by atoms with van der Waals surface area (Å²) in [7, 11) is 0. The zero-order chi connectivity index (χ0) is 11.7.